The van der Waals surface area contributed by atoms with E-state index in [-0.39, 0.29) is 11.9 Å². The molecule has 46 heavy (non-hydrogen) atoms. The zero-order chi connectivity index (χ0) is 32.0. The number of hydrogen-bond acceptors (Lipinski definition) is 5. The Morgan fingerprint density at radius 1 is 0.870 bits per heavy atom. The Morgan fingerprint density at radius 2 is 1.54 bits per heavy atom. The van der Waals surface area contributed by atoms with Gasteiger partial charge in [-0.25, -0.2) is 9.37 Å². The first kappa shape index (κ1) is 32.3. The number of para-hydroxylation sites is 1. The van der Waals surface area contributed by atoms with Crippen LogP contribution in [0.1, 0.15) is 86.7 Å². The summed E-state index contributed by atoms with van der Waals surface area (Å²) in [6, 6.07) is 28.8. The van der Waals surface area contributed by atoms with E-state index in [1.54, 1.807) is 12.1 Å². The lowest BCUT2D eigenvalue weighted by atomic mass is 9.74. The van der Waals surface area contributed by atoms with E-state index >= 15 is 0 Å². The van der Waals surface area contributed by atoms with E-state index in [9.17, 15) is 4.39 Å². The first-order chi connectivity index (χ1) is 22.4. The van der Waals surface area contributed by atoms with E-state index in [4.69, 9.17) is 9.40 Å². The second kappa shape index (κ2) is 14.8. The van der Waals surface area contributed by atoms with E-state index in [1.807, 2.05) is 12.1 Å². The zero-order valence-electron chi connectivity index (χ0n) is 28.1. The maximum Gasteiger partial charge on any atom is 0.220 e. The summed E-state index contributed by atoms with van der Waals surface area (Å²) in [5.41, 5.74) is 4.71. The molecule has 1 saturated heterocycles. The second-order valence-electron chi connectivity index (χ2n) is 14.1. The van der Waals surface area contributed by atoms with Crippen LogP contribution in [0.3, 0.4) is 0 Å². The molecular weight excluding hydrogens is 571 g/mol. The molecule has 2 fully saturated rings. The predicted molar refractivity (Wildman–Crippen MR) is 187 cm³/mol. The Kier molecular flexibility index (Phi) is 10.4. The first-order valence-electron chi connectivity index (χ1n) is 17.3. The van der Waals surface area contributed by atoms with Crippen LogP contribution in [-0.2, 0) is 6.42 Å². The van der Waals surface area contributed by atoms with Crippen molar-refractivity contribution in [1.29, 1.82) is 0 Å². The summed E-state index contributed by atoms with van der Waals surface area (Å²) >= 11 is 0. The molecule has 2 aliphatic rings. The van der Waals surface area contributed by atoms with E-state index in [0.29, 0.717) is 23.8 Å². The summed E-state index contributed by atoms with van der Waals surface area (Å²) in [5.74, 6) is 3.40. The van der Waals surface area contributed by atoms with Crippen LogP contribution in [0.15, 0.2) is 89.3 Å². The van der Waals surface area contributed by atoms with Crippen molar-refractivity contribution < 1.29 is 8.81 Å². The van der Waals surface area contributed by atoms with Gasteiger partial charge in [-0.2, -0.15) is 0 Å². The molecule has 6 rings (SSSR count). The highest BCUT2D eigenvalue weighted by molar-refractivity contribution is 5.49. The molecule has 1 saturated carbocycles. The maximum absolute atomic E-state index is 13.7. The zero-order valence-corrected chi connectivity index (χ0v) is 28.1. The number of hydrogen-bond donors (Lipinski definition) is 0. The predicted octanol–water partition coefficient (Wildman–Crippen LogP) is 9.32. The SMILES string of the molecule is CC1CCCN(c2oc(C(CC3CCC(C(c4ccc(F)cc4)N(C)C)CC3)N(C)c3ccccc3)nc2Cc2ccccc2)C1. The molecule has 0 amide bonds. The Hall–Kier alpha value is -3.64. The van der Waals surface area contributed by atoms with Crippen molar-refractivity contribution in [3.63, 3.8) is 0 Å². The average Bonchev–Trinajstić information content (AvgIpc) is 3.49. The minimum Gasteiger partial charge on any atom is -0.423 e. The summed E-state index contributed by atoms with van der Waals surface area (Å²) in [7, 11) is 6.51. The van der Waals surface area contributed by atoms with Crippen LogP contribution in [0, 0.1) is 23.6 Å². The van der Waals surface area contributed by atoms with Crippen molar-refractivity contribution >= 4 is 11.6 Å². The summed E-state index contributed by atoms with van der Waals surface area (Å²) in [6.07, 6.45) is 8.89. The molecule has 244 valence electrons. The van der Waals surface area contributed by atoms with Gasteiger partial charge in [-0.3, -0.25) is 0 Å². The van der Waals surface area contributed by atoms with Crippen molar-refractivity contribution in [2.75, 3.05) is 44.0 Å². The summed E-state index contributed by atoms with van der Waals surface area (Å²) in [6.45, 7) is 4.38. The van der Waals surface area contributed by atoms with Crippen molar-refractivity contribution in [1.82, 2.24) is 9.88 Å². The molecule has 1 aliphatic carbocycles. The lowest BCUT2D eigenvalue weighted by molar-refractivity contribution is 0.142. The number of rotatable bonds is 11. The van der Waals surface area contributed by atoms with Crippen LogP contribution in [0.4, 0.5) is 16.0 Å². The van der Waals surface area contributed by atoms with Crippen LogP contribution >= 0.6 is 0 Å². The summed E-state index contributed by atoms with van der Waals surface area (Å²) in [5, 5.41) is 0. The Balaban J connectivity index is 1.26. The molecule has 1 aliphatic heterocycles. The molecule has 5 nitrogen and oxygen atoms in total. The number of benzene rings is 3. The number of anilines is 2. The first-order valence-corrected chi connectivity index (χ1v) is 17.3. The molecule has 3 unspecified atom stereocenters. The molecule has 6 heteroatoms. The highest BCUT2D eigenvalue weighted by Gasteiger charge is 2.35. The molecular formula is C40H51FN4O. The Labute approximate surface area is 275 Å². The topological polar surface area (TPSA) is 35.8 Å². The quantitative estimate of drug-likeness (QED) is 0.167. The van der Waals surface area contributed by atoms with Gasteiger partial charge in [-0.15, -0.1) is 0 Å². The van der Waals surface area contributed by atoms with Crippen LogP contribution < -0.4 is 9.80 Å². The fourth-order valence-corrected chi connectivity index (χ4v) is 8.00. The molecule has 4 aromatic rings. The van der Waals surface area contributed by atoms with Gasteiger partial charge in [0.15, 0.2) is 0 Å². The highest BCUT2D eigenvalue weighted by Crippen LogP contribution is 2.44. The summed E-state index contributed by atoms with van der Waals surface area (Å²) in [4.78, 5) is 12.5. The number of nitrogens with zero attached hydrogens (tertiary/aromatic N) is 4. The van der Waals surface area contributed by atoms with Crippen LogP contribution in [0.25, 0.3) is 0 Å². The summed E-state index contributed by atoms with van der Waals surface area (Å²) < 4.78 is 20.6. The minimum absolute atomic E-state index is 0.0381. The van der Waals surface area contributed by atoms with Gasteiger partial charge in [-0.05, 0) is 99.3 Å². The third kappa shape index (κ3) is 7.66. The van der Waals surface area contributed by atoms with Gasteiger partial charge in [0.2, 0.25) is 11.8 Å². The Morgan fingerprint density at radius 3 is 2.20 bits per heavy atom. The van der Waals surface area contributed by atoms with Gasteiger partial charge in [0.25, 0.3) is 0 Å². The number of aromatic nitrogens is 1. The largest absolute Gasteiger partial charge is 0.423 e. The molecule has 3 aromatic carbocycles. The van der Waals surface area contributed by atoms with Crippen molar-refractivity contribution in [3.8, 4) is 0 Å². The highest BCUT2D eigenvalue weighted by atomic mass is 19.1. The van der Waals surface area contributed by atoms with Crippen molar-refractivity contribution in [2.24, 2.45) is 17.8 Å². The van der Waals surface area contributed by atoms with E-state index in [2.05, 4.69) is 103 Å². The number of piperidine rings is 1. The second-order valence-corrected chi connectivity index (χ2v) is 14.1. The third-order valence-corrected chi connectivity index (χ3v) is 10.4. The van der Waals surface area contributed by atoms with E-state index in [1.165, 1.54) is 42.5 Å². The molecule has 2 heterocycles. The molecule has 0 N–H and O–H groups in total. The molecule has 0 spiro atoms. The van der Waals surface area contributed by atoms with Gasteiger partial charge in [-0.1, -0.05) is 80.4 Å². The maximum atomic E-state index is 13.7. The van der Waals surface area contributed by atoms with Crippen LogP contribution in [-0.4, -0.2) is 44.1 Å². The van der Waals surface area contributed by atoms with Crippen LogP contribution in [0.2, 0.25) is 0 Å². The van der Waals surface area contributed by atoms with E-state index < -0.39 is 0 Å². The fourth-order valence-electron chi connectivity index (χ4n) is 8.00. The standard InChI is InChI=1S/C40H51FN4O/c1-29-12-11-25-45(28-29)40-36(26-30-13-7-5-8-14-30)42-39(46-40)37(44(4)35-15-9-6-10-16-35)27-31-17-19-32(20-18-31)38(43(2)3)33-21-23-34(41)24-22-33/h5-10,13-16,21-24,29,31-32,37-38H,11-12,17-20,25-28H2,1-4H3. The van der Waals surface area contributed by atoms with Crippen molar-refractivity contribution in [3.05, 3.63) is 113 Å². The lowest BCUT2D eigenvalue weighted by Crippen LogP contribution is -2.34. The molecule has 3 atom stereocenters. The molecule has 0 bridgehead atoms. The number of oxazole rings is 1. The van der Waals surface area contributed by atoms with Gasteiger partial charge < -0.3 is 19.1 Å². The lowest BCUT2D eigenvalue weighted by Gasteiger charge is -2.39. The fraction of sp³-hybridized carbons (Fsp3) is 0.475. The molecule has 0 radical (unpaired) electrons. The Bertz CT molecular complexity index is 1500. The monoisotopic (exact) mass is 622 g/mol. The van der Waals surface area contributed by atoms with E-state index in [0.717, 1.165) is 56.2 Å². The van der Waals surface area contributed by atoms with Gasteiger partial charge in [0.1, 0.15) is 17.6 Å². The normalized spacial score (nSPS) is 21.7. The smallest absolute Gasteiger partial charge is 0.220 e. The third-order valence-electron chi connectivity index (χ3n) is 10.4. The average molecular weight is 623 g/mol. The van der Waals surface area contributed by atoms with Crippen LogP contribution in [0.5, 0.6) is 0 Å². The number of halogens is 1. The molecule has 1 aromatic heterocycles. The van der Waals surface area contributed by atoms with Gasteiger partial charge in [0.05, 0.1) is 0 Å². The van der Waals surface area contributed by atoms with Crippen molar-refractivity contribution in [2.45, 2.75) is 70.4 Å². The van der Waals surface area contributed by atoms with Gasteiger partial charge in [0, 0.05) is 38.3 Å². The minimum atomic E-state index is -0.171. The van der Waals surface area contributed by atoms with Gasteiger partial charge >= 0.3 is 0 Å².